The number of likely N-dealkylation sites (tertiary alicyclic amines) is 1. The minimum absolute atomic E-state index is 0.264. The first kappa shape index (κ1) is 14.8. The molecule has 2 atom stereocenters. The Balaban J connectivity index is 2.09. The van der Waals surface area contributed by atoms with E-state index in [9.17, 15) is 0 Å². The van der Waals surface area contributed by atoms with Gasteiger partial charge in [-0.15, -0.1) is 0 Å². The molecular weight excluding hydrogens is 260 g/mol. The van der Waals surface area contributed by atoms with Gasteiger partial charge in [0, 0.05) is 31.3 Å². The number of benzene rings is 1. The van der Waals surface area contributed by atoms with Crippen molar-refractivity contribution in [3.8, 4) is 0 Å². The van der Waals surface area contributed by atoms with E-state index in [2.05, 4.69) is 23.1 Å². The van der Waals surface area contributed by atoms with Crippen molar-refractivity contribution in [3.63, 3.8) is 0 Å². The smallest absolute Gasteiger partial charge is 0.0503 e. The average molecular weight is 283 g/mol. The van der Waals surface area contributed by atoms with E-state index < -0.39 is 0 Å². The molecule has 4 heteroatoms. The van der Waals surface area contributed by atoms with E-state index in [0.29, 0.717) is 12.5 Å². The topological polar surface area (TPSA) is 38.5 Å². The van der Waals surface area contributed by atoms with Gasteiger partial charge in [0.1, 0.15) is 0 Å². The third-order valence-corrected chi connectivity index (χ3v) is 4.37. The van der Waals surface area contributed by atoms with Crippen LogP contribution < -0.4 is 5.73 Å². The molecular formula is C15H23ClN2O. The number of rotatable bonds is 5. The van der Waals surface area contributed by atoms with Crippen molar-refractivity contribution in [3.05, 3.63) is 34.3 Å². The van der Waals surface area contributed by atoms with Gasteiger partial charge in [-0.25, -0.2) is 0 Å². The monoisotopic (exact) mass is 282 g/mol. The maximum absolute atomic E-state index is 6.22. The van der Waals surface area contributed by atoms with Gasteiger partial charge in [0.25, 0.3) is 0 Å². The molecule has 1 fully saturated rings. The molecule has 3 nitrogen and oxygen atoms in total. The van der Waals surface area contributed by atoms with Gasteiger partial charge >= 0.3 is 0 Å². The molecule has 0 bridgehead atoms. The number of aryl methyl sites for hydroxylation is 1. The minimum Gasteiger partial charge on any atom is -0.384 e. The van der Waals surface area contributed by atoms with E-state index in [0.717, 1.165) is 30.3 Å². The van der Waals surface area contributed by atoms with Crippen LogP contribution in [-0.4, -0.2) is 38.3 Å². The largest absolute Gasteiger partial charge is 0.384 e. The Kier molecular flexibility index (Phi) is 5.22. The van der Waals surface area contributed by atoms with Crippen LogP contribution in [0.1, 0.15) is 23.6 Å². The van der Waals surface area contributed by atoms with E-state index in [-0.39, 0.29) is 6.04 Å². The average Bonchev–Trinajstić information content (AvgIpc) is 2.83. The third-order valence-electron chi connectivity index (χ3n) is 3.96. The lowest BCUT2D eigenvalue weighted by Crippen LogP contribution is -2.32. The fourth-order valence-corrected chi connectivity index (χ4v) is 3.02. The van der Waals surface area contributed by atoms with Crippen LogP contribution >= 0.6 is 11.6 Å². The van der Waals surface area contributed by atoms with Crippen LogP contribution in [0.15, 0.2) is 18.2 Å². The molecule has 1 aliphatic rings. The predicted octanol–water partition coefficient (Wildman–Crippen LogP) is 2.62. The highest BCUT2D eigenvalue weighted by molar-refractivity contribution is 6.31. The van der Waals surface area contributed by atoms with Gasteiger partial charge in [-0.2, -0.15) is 0 Å². The molecule has 1 heterocycles. The summed E-state index contributed by atoms with van der Waals surface area (Å²) in [7, 11) is 1.77. The predicted molar refractivity (Wildman–Crippen MR) is 79.5 cm³/mol. The number of nitrogens with zero attached hydrogens (tertiary/aromatic N) is 1. The molecule has 1 aliphatic heterocycles. The van der Waals surface area contributed by atoms with Crippen molar-refractivity contribution in [2.24, 2.45) is 11.7 Å². The van der Waals surface area contributed by atoms with E-state index in [1.807, 2.05) is 6.92 Å². The van der Waals surface area contributed by atoms with Gasteiger partial charge in [-0.05, 0) is 43.0 Å². The molecule has 1 saturated heterocycles. The molecule has 2 rings (SSSR count). The molecule has 1 aromatic rings. The number of hydrogen-bond donors (Lipinski definition) is 1. The molecule has 0 radical (unpaired) electrons. The standard InChI is InChI=1S/C15H23ClN2O/c1-11-3-4-13(7-14(11)16)15(8-17)18-6-5-12(9-18)10-19-2/h3-4,7,12,15H,5-6,8-10,17H2,1-2H3. The fraction of sp³-hybridized carbons (Fsp3) is 0.600. The number of methoxy groups -OCH3 is 1. The molecule has 1 aromatic carbocycles. The van der Waals surface area contributed by atoms with Gasteiger partial charge in [0.15, 0.2) is 0 Å². The summed E-state index contributed by atoms with van der Waals surface area (Å²) in [4.78, 5) is 2.45. The normalized spacial score (nSPS) is 21.8. The zero-order chi connectivity index (χ0) is 13.8. The molecule has 0 saturated carbocycles. The second-order valence-electron chi connectivity index (χ2n) is 5.37. The minimum atomic E-state index is 0.264. The lowest BCUT2D eigenvalue weighted by atomic mass is 10.0. The molecule has 0 aromatic heterocycles. The summed E-state index contributed by atoms with van der Waals surface area (Å²) >= 11 is 6.22. The first-order valence-electron chi connectivity index (χ1n) is 6.84. The SMILES string of the molecule is COCC1CCN(C(CN)c2ccc(C)c(Cl)c2)C1. The van der Waals surface area contributed by atoms with Crippen molar-refractivity contribution in [2.45, 2.75) is 19.4 Å². The van der Waals surface area contributed by atoms with E-state index in [1.54, 1.807) is 7.11 Å². The Hall–Kier alpha value is -0.610. The van der Waals surface area contributed by atoms with Crippen molar-refractivity contribution in [1.29, 1.82) is 0 Å². The Morgan fingerprint density at radius 2 is 2.32 bits per heavy atom. The molecule has 0 amide bonds. The summed E-state index contributed by atoms with van der Waals surface area (Å²) in [6.07, 6.45) is 1.18. The van der Waals surface area contributed by atoms with E-state index in [1.165, 1.54) is 12.0 Å². The highest BCUT2D eigenvalue weighted by Gasteiger charge is 2.28. The summed E-state index contributed by atoms with van der Waals surface area (Å²) in [5, 5.41) is 0.823. The Labute approximate surface area is 120 Å². The van der Waals surface area contributed by atoms with E-state index in [4.69, 9.17) is 22.1 Å². The lowest BCUT2D eigenvalue weighted by molar-refractivity contribution is 0.147. The second-order valence-corrected chi connectivity index (χ2v) is 5.77. The Bertz CT molecular complexity index is 425. The van der Waals surface area contributed by atoms with Crippen molar-refractivity contribution in [2.75, 3.05) is 33.4 Å². The maximum Gasteiger partial charge on any atom is 0.0503 e. The van der Waals surface area contributed by atoms with Crippen molar-refractivity contribution >= 4 is 11.6 Å². The van der Waals surface area contributed by atoms with Gasteiger partial charge in [0.05, 0.1) is 6.61 Å². The molecule has 2 N–H and O–H groups in total. The third kappa shape index (κ3) is 3.48. The van der Waals surface area contributed by atoms with E-state index >= 15 is 0 Å². The van der Waals surface area contributed by atoms with Gasteiger partial charge in [0.2, 0.25) is 0 Å². The van der Waals surface area contributed by atoms with Crippen LogP contribution in [0.4, 0.5) is 0 Å². The zero-order valence-electron chi connectivity index (χ0n) is 11.7. The summed E-state index contributed by atoms with van der Waals surface area (Å²) in [6, 6.07) is 6.53. The summed E-state index contributed by atoms with van der Waals surface area (Å²) in [5.41, 5.74) is 8.31. The molecule has 0 spiro atoms. The number of hydrogen-bond acceptors (Lipinski definition) is 3. The zero-order valence-corrected chi connectivity index (χ0v) is 12.5. The summed E-state index contributed by atoms with van der Waals surface area (Å²) in [5.74, 6) is 0.625. The van der Waals surface area contributed by atoms with Gasteiger partial charge < -0.3 is 10.5 Å². The van der Waals surface area contributed by atoms with Crippen LogP contribution in [0.25, 0.3) is 0 Å². The Morgan fingerprint density at radius 1 is 1.53 bits per heavy atom. The number of halogens is 1. The van der Waals surface area contributed by atoms with Crippen LogP contribution in [0.5, 0.6) is 0 Å². The molecule has 106 valence electrons. The fourth-order valence-electron chi connectivity index (χ4n) is 2.83. The molecule has 0 aliphatic carbocycles. The first-order valence-corrected chi connectivity index (χ1v) is 7.22. The highest BCUT2D eigenvalue weighted by atomic mass is 35.5. The summed E-state index contributed by atoms with van der Waals surface area (Å²) < 4.78 is 5.25. The second kappa shape index (κ2) is 6.71. The molecule has 19 heavy (non-hydrogen) atoms. The molecule has 2 unspecified atom stereocenters. The van der Waals surface area contributed by atoms with Crippen LogP contribution in [-0.2, 0) is 4.74 Å². The van der Waals surface area contributed by atoms with Crippen LogP contribution in [0.2, 0.25) is 5.02 Å². The maximum atomic E-state index is 6.22. The van der Waals surface area contributed by atoms with Gasteiger partial charge in [-0.1, -0.05) is 23.7 Å². The quantitative estimate of drug-likeness (QED) is 0.902. The first-order chi connectivity index (χ1) is 9.15. The van der Waals surface area contributed by atoms with Gasteiger partial charge in [-0.3, -0.25) is 4.90 Å². The highest BCUT2D eigenvalue weighted by Crippen LogP contribution is 2.29. The number of ether oxygens (including phenoxy) is 1. The Morgan fingerprint density at radius 3 is 2.95 bits per heavy atom. The van der Waals surface area contributed by atoms with Crippen molar-refractivity contribution in [1.82, 2.24) is 4.90 Å². The van der Waals surface area contributed by atoms with Crippen molar-refractivity contribution < 1.29 is 4.74 Å². The number of nitrogens with two attached hydrogens (primary N) is 1. The lowest BCUT2D eigenvalue weighted by Gasteiger charge is -2.27. The van der Waals surface area contributed by atoms with Crippen LogP contribution in [0, 0.1) is 12.8 Å². The summed E-state index contributed by atoms with van der Waals surface area (Å²) in [6.45, 7) is 5.62. The van der Waals surface area contributed by atoms with Crippen LogP contribution in [0.3, 0.4) is 0 Å².